The third-order valence-electron chi connectivity index (χ3n) is 10.8. The molecule has 15 heteroatoms. The van der Waals surface area contributed by atoms with Gasteiger partial charge >= 0.3 is 6.09 Å². The van der Waals surface area contributed by atoms with E-state index in [1.807, 2.05) is 54.6 Å². The number of carbonyl (C=O) groups is 3. The standard InChI is InChI=1S/C46H53ClN6O8/c1-52(44(58)21-26-53-24-19-32(20-25-53)61-46(59)50-37-12-7-6-11-33(37)30-9-4-3-5-10-30)23-8-13-42(56)49-38-28-41(60-2)31(27-36(38)47)18-22-48-29-40(55)34-14-16-39(54)45-35(34)15-17-43(57)51-45/h3-7,9-12,14-17,27-28,32,40,48,54-55H,8,13,18-26,29H2,1-2H3,(H,49,56)(H,50,59)(H,51,57)/t40-/m0/s1. The van der Waals surface area contributed by atoms with Crippen molar-refractivity contribution in [2.45, 2.75) is 50.7 Å². The topological polar surface area (TPSA) is 186 Å². The van der Waals surface area contributed by atoms with Crippen molar-refractivity contribution < 1.29 is 34.1 Å². The molecule has 5 aromatic rings. The minimum Gasteiger partial charge on any atom is -0.506 e. The molecule has 6 rings (SSSR count). The number of phenols is 1. The number of aromatic amines is 1. The molecule has 4 aromatic carbocycles. The van der Waals surface area contributed by atoms with Crippen LogP contribution in [-0.2, 0) is 20.7 Å². The number of aliphatic hydroxyl groups excluding tert-OH is 1. The van der Waals surface area contributed by atoms with Crippen molar-refractivity contribution in [1.82, 2.24) is 20.1 Å². The third-order valence-corrected chi connectivity index (χ3v) is 11.2. The van der Waals surface area contributed by atoms with Crippen molar-refractivity contribution in [3.8, 4) is 22.6 Å². The van der Waals surface area contributed by atoms with Gasteiger partial charge in [0.2, 0.25) is 17.4 Å². The van der Waals surface area contributed by atoms with E-state index in [1.165, 1.54) is 19.2 Å². The maximum atomic E-state index is 12.9. The van der Waals surface area contributed by atoms with E-state index in [2.05, 4.69) is 25.8 Å². The van der Waals surface area contributed by atoms with Crippen molar-refractivity contribution in [3.63, 3.8) is 0 Å². The molecule has 61 heavy (non-hydrogen) atoms. The second-order valence-electron chi connectivity index (χ2n) is 15.1. The number of phenolic OH excluding ortho intramolecular Hbond substituents is 1. The summed E-state index contributed by atoms with van der Waals surface area (Å²) >= 11 is 6.58. The Hall–Kier alpha value is -5.93. The van der Waals surface area contributed by atoms with Crippen LogP contribution in [0.1, 0.15) is 49.3 Å². The average Bonchev–Trinajstić information content (AvgIpc) is 3.26. The smallest absolute Gasteiger partial charge is 0.411 e. The lowest BCUT2D eigenvalue weighted by Crippen LogP contribution is -2.40. The molecule has 0 radical (unpaired) electrons. The Bertz CT molecular complexity index is 2350. The summed E-state index contributed by atoms with van der Waals surface area (Å²) in [6, 6.07) is 26.9. The normalized spacial score (nSPS) is 13.7. The molecule has 0 bridgehead atoms. The highest BCUT2D eigenvalue weighted by Gasteiger charge is 2.24. The highest BCUT2D eigenvalue weighted by Crippen LogP contribution is 2.32. The summed E-state index contributed by atoms with van der Waals surface area (Å²) in [4.78, 5) is 56.8. The number of anilines is 2. The number of ether oxygens (including phenoxy) is 2. The third kappa shape index (κ3) is 12.3. The largest absolute Gasteiger partial charge is 0.506 e. The van der Waals surface area contributed by atoms with Crippen molar-refractivity contribution >= 4 is 51.8 Å². The molecule has 1 aliphatic rings. The van der Waals surface area contributed by atoms with E-state index >= 15 is 0 Å². The number of aliphatic hydroxyl groups is 1. The molecule has 1 aromatic heterocycles. The number of likely N-dealkylation sites (tertiary alicyclic amines) is 1. The maximum Gasteiger partial charge on any atom is 0.411 e. The summed E-state index contributed by atoms with van der Waals surface area (Å²) in [7, 11) is 3.28. The first-order chi connectivity index (χ1) is 29.5. The number of hydrogen-bond donors (Lipinski definition) is 6. The van der Waals surface area contributed by atoms with E-state index < -0.39 is 12.2 Å². The van der Waals surface area contributed by atoms with E-state index in [1.54, 1.807) is 36.2 Å². The molecule has 2 heterocycles. The Morgan fingerprint density at radius 3 is 2.48 bits per heavy atom. The molecule has 1 saturated heterocycles. The number of carbonyl (C=O) groups excluding carboxylic acids is 3. The molecular formula is C46H53ClN6O8. The molecular weight excluding hydrogens is 800 g/mol. The van der Waals surface area contributed by atoms with Gasteiger partial charge in [-0.1, -0.05) is 66.2 Å². The summed E-state index contributed by atoms with van der Waals surface area (Å²) in [5, 5.41) is 30.9. The van der Waals surface area contributed by atoms with Gasteiger partial charge in [-0.05, 0) is 73.2 Å². The molecule has 0 aliphatic carbocycles. The number of para-hydroxylation sites is 1. The van der Waals surface area contributed by atoms with Gasteiger partial charge in [-0.25, -0.2) is 4.79 Å². The van der Waals surface area contributed by atoms with Crippen LogP contribution in [0.15, 0.2) is 95.8 Å². The van der Waals surface area contributed by atoms with Crippen LogP contribution in [0.5, 0.6) is 11.5 Å². The van der Waals surface area contributed by atoms with E-state index in [4.69, 9.17) is 21.1 Å². The second-order valence-corrected chi connectivity index (χ2v) is 15.5. The van der Waals surface area contributed by atoms with Crippen LogP contribution in [0, 0.1) is 0 Å². The number of nitrogens with zero attached hydrogens (tertiary/aromatic N) is 2. The number of piperidine rings is 1. The fourth-order valence-electron chi connectivity index (χ4n) is 7.46. The zero-order valence-corrected chi connectivity index (χ0v) is 35.2. The van der Waals surface area contributed by atoms with Crippen molar-refractivity contribution in [2.24, 2.45) is 0 Å². The van der Waals surface area contributed by atoms with Gasteiger partial charge in [0.15, 0.2) is 0 Å². The van der Waals surface area contributed by atoms with Gasteiger partial charge < -0.3 is 45.1 Å². The van der Waals surface area contributed by atoms with E-state index in [-0.39, 0.29) is 47.7 Å². The highest BCUT2D eigenvalue weighted by atomic mass is 35.5. The van der Waals surface area contributed by atoms with Crippen LogP contribution in [0.2, 0.25) is 5.02 Å². The van der Waals surface area contributed by atoms with Gasteiger partial charge in [0.05, 0.1) is 35.1 Å². The molecule has 0 saturated carbocycles. The van der Waals surface area contributed by atoms with Crippen LogP contribution >= 0.6 is 11.6 Å². The summed E-state index contributed by atoms with van der Waals surface area (Å²) in [6.45, 7) is 3.16. The molecule has 3 amide bonds. The lowest BCUT2D eigenvalue weighted by molar-refractivity contribution is -0.130. The zero-order chi connectivity index (χ0) is 43.3. The zero-order valence-electron chi connectivity index (χ0n) is 34.4. The van der Waals surface area contributed by atoms with Crippen LogP contribution in [-0.4, -0.2) is 102 Å². The molecule has 6 N–H and O–H groups in total. The fourth-order valence-corrected chi connectivity index (χ4v) is 7.69. The molecule has 0 unspecified atom stereocenters. The van der Waals surface area contributed by atoms with E-state index in [9.17, 15) is 29.4 Å². The predicted octanol–water partition coefficient (Wildman–Crippen LogP) is 6.71. The van der Waals surface area contributed by atoms with Gasteiger partial charge in [-0.15, -0.1) is 0 Å². The SMILES string of the molecule is COc1cc(NC(=O)CCCN(C)C(=O)CCN2CCC(OC(=O)Nc3ccccc3-c3ccccc3)CC2)c(Cl)cc1CCNC[C@H](O)c1ccc(O)c2[nH]c(=O)ccc12. The number of H-pyrrole nitrogens is 1. The summed E-state index contributed by atoms with van der Waals surface area (Å²) < 4.78 is 11.3. The minimum atomic E-state index is -0.899. The first-order valence-electron chi connectivity index (χ1n) is 20.5. The second kappa shape index (κ2) is 21.5. The number of halogens is 1. The minimum absolute atomic E-state index is 0.00553. The first-order valence-corrected chi connectivity index (χ1v) is 20.8. The van der Waals surface area contributed by atoms with Crippen LogP contribution < -0.4 is 26.2 Å². The number of hydrogen-bond acceptors (Lipinski definition) is 10. The molecule has 0 spiro atoms. The number of pyridine rings is 1. The maximum absolute atomic E-state index is 12.9. The quantitative estimate of drug-likeness (QED) is 0.0518. The number of rotatable bonds is 18. The number of nitrogens with one attached hydrogen (secondary N) is 4. The van der Waals surface area contributed by atoms with Gasteiger partial charge in [-0.3, -0.25) is 19.7 Å². The van der Waals surface area contributed by atoms with Gasteiger partial charge in [0.1, 0.15) is 17.6 Å². The molecule has 1 aliphatic heterocycles. The van der Waals surface area contributed by atoms with E-state index in [0.717, 1.165) is 29.8 Å². The Kier molecular flexibility index (Phi) is 15.8. The number of aromatic hydroxyl groups is 1. The van der Waals surface area contributed by atoms with Crippen LogP contribution in [0.25, 0.3) is 22.0 Å². The van der Waals surface area contributed by atoms with Gasteiger partial charge in [-0.2, -0.15) is 0 Å². The van der Waals surface area contributed by atoms with Crippen molar-refractivity contribution in [2.75, 3.05) is 64.1 Å². The lowest BCUT2D eigenvalue weighted by Gasteiger charge is -2.31. The number of benzene rings is 4. The number of fused-ring (bicyclic) bond motifs is 1. The van der Waals surface area contributed by atoms with Gasteiger partial charge in [0.25, 0.3) is 0 Å². The van der Waals surface area contributed by atoms with Gasteiger partial charge in [0, 0.05) is 75.7 Å². The number of methoxy groups -OCH3 is 1. The van der Waals surface area contributed by atoms with Crippen LogP contribution in [0.4, 0.5) is 16.2 Å². The summed E-state index contributed by atoms with van der Waals surface area (Å²) in [5.74, 6) is 0.228. The Labute approximate surface area is 359 Å². The number of amides is 3. The first kappa shape index (κ1) is 44.6. The van der Waals surface area contributed by atoms with Crippen LogP contribution in [0.3, 0.4) is 0 Å². The molecule has 14 nitrogen and oxygen atoms in total. The molecule has 1 atom stereocenters. The molecule has 322 valence electrons. The Morgan fingerprint density at radius 1 is 0.951 bits per heavy atom. The summed E-state index contributed by atoms with van der Waals surface area (Å²) in [5.41, 5.74) is 4.33. The Balaban J connectivity index is 0.864. The summed E-state index contributed by atoms with van der Waals surface area (Å²) in [6.07, 6.45) is 1.31. The highest BCUT2D eigenvalue weighted by molar-refractivity contribution is 6.33. The Morgan fingerprint density at radius 2 is 1.70 bits per heavy atom. The van der Waals surface area contributed by atoms with E-state index in [0.29, 0.717) is 84.8 Å². The predicted molar refractivity (Wildman–Crippen MR) is 237 cm³/mol. The fraction of sp³-hybridized carbons (Fsp3) is 0.348. The molecule has 1 fully saturated rings. The van der Waals surface area contributed by atoms with Crippen molar-refractivity contribution in [1.29, 1.82) is 0 Å². The monoisotopic (exact) mass is 852 g/mol. The van der Waals surface area contributed by atoms with Crippen molar-refractivity contribution in [3.05, 3.63) is 117 Å². The number of aromatic nitrogens is 1. The lowest BCUT2D eigenvalue weighted by atomic mass is 10.0. The average molecular weight is 853 g/mol.